The second-order valence-electron chi connectivity index (χ2n) is 10.4. The molecule has 0 amide bonds. The van der Waals surface area contributed by atoms with Gasteiger partial charge in [-0.15, -0.1) is 0 Å². The van der Waals surface area contributed by atoms with Gasteiger partial charge in [-0.2, -0.15) is 0 Å². The molecule has 1 rings (SSSR count). The summed E-state index contributed by atoms with van der Waals surface area (Å²) in [5, 5.41) is 3.05. The van der Waals surface area contributed by atoms with E-state index in [0.29, 0.717) is 5.56 Å². The zero-order chi connectivity index (χ0) is 27.0. The lowest BCUT2D eigenvalue weighted by molar-refractivity contribution is -0.148. The summed E-state index contributed by atoms with van der Waals surface area (Å²) in [5.74, 6) is -1.64. The molecule has 0 saturated heterocycles. The zero-order valence-electron chi connectivity index (χ0n) is 22.3. The van der Waals surface area contributed by atoms with Gasteiger partial charge in [-0.05, 0) is 72.6 Å². The van der Waals surface area contributed by atoms with E-state index in [4.69, 9.17) is 18.9 Å². The van der Waals surface area contributed by atoms with Crippen LogP contribution in [0.15, 0.2) is 18.2 Å². The van der Waals surface area contributed by atoms with Crippen LogP contribution in [0, 0.1) is 10.8 Å². The van der Waals surface area contributed by atoms with Crippen LogP contribution in [-0.2, 0) is 35.1 Å². The Hall–Kier alpha value is -2.94. The molecule has 9 nitrogen and oxygen atoms in total. The van der Waals surface area contributed by atoms with Crippen molar-refractivity contribution in [2.24, 2.45) is 10.8 Å². The molecule has 35 heavy (non-hydrogen) atoms. The molecule has 0 saturated carbocycles. The Kier molecular flexibility index (Phi) is 10.9. The number of carbonyl (C=O) groups is 4. The van der Waals surface area contributed by atoms with Crippen molar-refractivity contribution in [3.05, 3.63) is 23.8 Å². The van der Waals surface area contributed by atoms with Crippen molar-refractivity contribution in [2.75, 3.05) is 13.7 Å². The SMILES string of the molecule is CCC(=O)OC(C)CN[C@@H](Cc1ccc(OC(=O)C(C)(C)C)c(OC(=O)C(C)(C)C)c1)C(=O)OC. The molecule has 0 spiro atoms. The van der Waals surface area contributed by atoms with E-state index >= 15 is 0 Å². The van der Waals surface area contributed by atoms with Crippen molar-refractivity contribution in [3.63, 3.8) is 0 Å². The lowest BCUT2D eigenvalue weighted by Crippen LogP contribution is -2.43. The number of ether oxygens (including phenoxy) is 4. The summed E-state index contributed by atoms with van der Waals surface area (Å²) in [6.07, 6.45) is -0.00105. The number of methoxy groups -OCH3 is 1. The highest BCUT2D eigenvalue weighted by molar-refractivity contribution is 5.81. The second kappa shape index (κ2) is 12.7. The van der Waals surface area contributed by atoms with E-state index in [1.54, 1.807) is 67.5 Å². The first kappa shape index (κ1) is 30.1. The minimum absolute atomic E-state index is 0.0777. The highest BCUT2D eigenvalue weighted by Crippen LogP contribution is 2.33. The maximum atomic E-state index is 12.6. The number of rotatable bonds is 10. The third-order valence-corrected chi connectivity index (χ3v) is 4.84. The molecule has 0 aliphatic carbocycles. The predicted octanol–water partition coefficient (Wildman–Crippen LogP) is 3.61. The van der Waals surface area contributed by atoms with Crippen molar-refractivity contribution < 1.29 is 38.1 Å². The van der Waals surface area contributed by atoms with Crippen molar-refractivity contribution in [1.82, 2.24) is 5.32 Å². The number of benzene rings is 1. The van der Waals surface area contributed by atoms with E-state index in [-0.39, 0.29) is 36.9 Å². The Bertz CT molecular complexity index is 911. The van der Waals surface area contributed by atoms with E-state index in [1.807, 2.05) is 0 Å². The third-order valence-electron chi connectivity index (χ3n) is 4.84. The smallest absolute Gasteiger partial charge is 0.323 e. The highest BCUT2D eigenvalue weighted by Gasteiger charge is 2.29. The van der Waals surface area contributed by atoms with Crippen LogP contribution in [0.1, 0.15) is 67.4 Å². The minimum atomic E-state index is -0.788. The number of hydrogen-bond donors (Lipinski definition) is 1. The lowest BCUT2D eigenvalue weighted by atomic mass is 9.97. The van der Waals surface area contributed by atoms with Gasteiger partial charge in [-0.3, -0.25) is 19.2 Å². The summed E-state index contributed by atoms with van der Waals surface area (Å²) in [6.45, 7) is 13.9. The Morgan fingerprint density at radius 2 is 1.46 bits per heavy atom. The first-order chi connectivity index (χ1) is 16.1. The summed E-state index contributed by atoms with van der Waals surface area (Å²) in [4.78, 5) is 48.9. The number of hydrogen-bond acceptors (Lipinski definition) is 9. The van der Waals surface area contributed by atoms with Gasteiger partial charge in [0.25, 0.3) is 0 Å². The maximum absolute atomic E-state index is 12.6. The summed E-state index contributed by atoms with van der Waals surface area (Å²) in [7, 11) is 1.28. The molecule has 1 unspecified atom stereocenters. The van der Waals surface area contributed by atoms with Crippen LogP contribution < -0.4 is 14.8 Å². The number of carbonyl (C=O) groups excluding carboxylic acids is 4. The van der Waals surface area contributed by atoms with Crippen LogP contribution in [-0.4, -0.2) is 49.7 Å². The topological polar surface area (TPSA) is 117 Å². The summed E-state index contributed by atoms with van der Waals surface area (Å²) in [6, 6.07) is 4.02. The quantitative estimate of drug-likeness (QED) is 0.385. The Balaban J connectivity index is 3.18. The molecule has 0 aliphatic heterocycles. The Morgan fingerprint density at radius 3 is 1.94 bits per heavy atom. The standard InChI is InChI=1S/C26H39NO8/c1-10-21(28)33-16(2)15-27-18(22(29)32-9)13-17-11-12-19(34-23(30)25(3,4)5)20(14-17)35-24(31)26(6,7)8/h11-12,14,16,18,27H,10,13,15H2,1-9H3/t16?,18-/m0/s1. The van der Waals surface area contributed by atoms with Crippen LogP contribution in [0.4, 0.5) is 0 Å². The second-order valence-corrected chi connectivity index (χ2v) is 10.4. The van der Waals surface area contributed by atoms with Crippen molar-refractivity contribution in [1.29, 1.82) is 0 Å². The molecule has 0 fully saturated rings. The summed E-state index contributed by atoms with van der Waals surface area (Å²) < 4.78 is 21.2. The molecule has 196 valence electrons. The molecule has 0 aromatic heterocycles. The molecule has 0 radical (unpaired) electrons. The van der Waals surface area contributed by atoms with E-state index in [2.05, 4.69) is 5.32 Å². The lowest BCUT2D eigenvalue weighted by Gasteiger charge is -2.22. The predicted molar refractivity (Wildman–Crippen MR) is 130 cm³/mol. The minimum Gasteiger partial charge on any atom is -0.468 e. The van der Waals surface area contributed by atoms with E-state index in [9.17, 15) is 19.2 Å². The van der Waals surface area contributed by atoms with E-state index < -0.39 is 40.9 Å². The van der Waals surface area contributed by atoms with Gasteiger partial charge in [0.15, 0.2) is 11.5 Å². The van der Waals surface area contributed by atoms with Gasteiger partial charge >= 0.3 is 23.9 Å². The fourth-order valence-corrected chi connectivity index (χ4v) is 2.62. The molecular formula is C26H39NO8. The maximum Gasteiger partial charge on any atom is 0.323 e. The first-order valence-corrected chi connectivity index (χ1v) is 11.7. The molecule has 0 aliphatic rings. The van der Waals surface area contributed by atoms with E-state index in [1.165, 1.54) is 13.2 Å². The fraction of sp³-hybridized carbons (Fsp3) is 0.615. The Morgan fingerprint density at radius 1 is 0.914 bits per heavy atom. The monoisotopic (exact) mass is 493 g/mol. The van der Waals surface area contributed by atoms with Gasteiger partial charge in [0.1, 0.15) is 12.1 Å². The Labute approximate surface area is 207 Å². The normalized spacial score (nSPS) is 13.4. The van der Waals surface area contributed by atoms with Gasteiger partial charge in [-0.25, -0.2) is 0 Å². The third kappa shape index (κ3) is 10.1. The van der Waals surface area contributed by atoms with Crippen LogP contribution >= 0.6 is 0 Å². The van der Waals surface area contributed by atoms with E-state index in [0.717, 1.165) is 0 Å². The molecule has 0 bridgehead atoms. The average molecular weight is 494 g/mol. The zero-order valence-corrected chi connectivity index (χ0v) is 22.3. The van der Waals surface area contributed by atoms with Gasteiger partial charge in [0.05, 0.1) is 17.9 Å². The van der Waals surface area contributed by atoms with Gasteiger partial charge in [-0.1, -0.05) is 13.0 Å². The van der Waals surface area contributed by atoms with Crippen molar-refractivity contribution >= 4 is 23.9 Å². The molecule has 1 aromatic carbocycles. The largest absolute Gasteiger partial charge is 0.468 e. The van der Waals surface area contributed by atoms with Crippen LogP contribution in [0.5, 0.6) is 11.5 Å². The molecule has 2 atom stereocenters. The van der Waals surface area contributed by atoms with Gasteiger partial charge < -0.3 is 24.3 Å². The van der Waals surface area contributed by atoms with Gasteiger partial charge in [0.2, 0.25) is 0 Å². The summed E-state index contributed by atoms with van der Waals surface area (Å²) in [5.41, 5.74) is -0.913. The average Bonchev–Trinajstić information content (AvgIpc) is 2.75. The van der Waals surface area contributed by atoms with Crippen molar-refractivity contribution in [2.45, 2.75) is 80.4 Å². The molecular weight excluding hydrogens is 454 g/mol. The van der Waals surface area contributed by atoms with Crippen LogP contribution in [0.25, 0.3) is 0 Å². The number of esters is 4. The summed E-state index contributed by atoms with van der Waals surface area (Å²) >= 11 is 0. The van der Waals surface area contributed by atoms with Gasteiger partial charge in [0, 0.05) is 13.0 Å². The molecule has 0 heterocycles. The molecule has 9 heteroatoms. The van der Waals surface area contributed by atoms with Crippen molar-refractivity contribution in [3.8, 4) is 11.5 Å². The number of nitrogens with one attached hydrogen (secondary N) is 1. The molecule has 1 N–H and O–H groups in total. The van der Waals surface area contributed by atoms with Crippen LogP contribution in [0.3, 0.4) is 0 Å². The van der Waals surface area contributed by atoms with Crippen LogP contribution in [0.2, 0.25) is 0 Å². The fourth-order valence-electron chi connectivity index (χ4n) is 2.62. The molecule has 1 aromatic rings. The first-order valence-electron chi connectivity index (χ1n) is 11.7. The highest BCUT2D eigenvalue weighted by atomic mass is 16.6.